The summed E-state index contributed by atoms with van der Waals surface area (Å²) in [4.78, 5) is 4.90. The molecule has 8 heteroatoms. The van der Waals surface area contributed by atoms with Gasteiger partial charge < -0.3 is 4.74 Å². The lowest BCUT2D eigenvalue weighted by molar-refractivity contribution is 0.340. The summed E-state index contributed by atoms with van der Waals surface area (Å²) in [5.41, 5.74) is 3.62. The molecule has 0 aliphatic carbocycles. The molecule has 0 spiro atoms. The number of rotatable bonds is 6. The molecule has 0 aliphatic heterocycles. The summed E-state index contributed by atoms with van der Waals surface area (Å²) in [5.74, 6) is 1.50. The van der Waals surface area contributed by atoms with Gasteiger partial charge in [0.15, 0.2) is 5.82 Å². The van der Waals surface area contributed by atoms with E-state index < -0.39 is 10.0 Å². The van der Waals surface area contributed by atoms with Crippen LogP contribution >= 0.6 is 0 Å². The summed E-state index contributed by atoms with van der Waals surface area (Å²) in [6.07, 6.45) is 0. The monoisotopic (exact) mass is 436 g/mol. The quantitative estimate of drug-likeness (QED) is 0.479. The molecule has 1 N–H and O–H groups in total. The molecule has 0 radical (unpaired) electrons. The molecule has 4 aromatic rings. The summed E-state index contributed by atoms with van der Waals surface area (Å²) in [5, 5.41) is 5.54. The lowest BCUT2D eigenvalue weighted by Gasteiger charge is -2.13. The average molecular weight is 437 g/mol. The van der Waals surface area contributed by atoms with Gasteiger partial charge in [0, 0.05) is 11.5 Å². The highest BCUT2D eigenvalue weighted by Crippen LogP contribution is 2.26. The van der Waals surface area contributed by atoms with Crippen LogP contribution in [-0.4, -0.2) is 29.8 Å². The van der Waals surface area contributed by atoms with Crippen LogP contribution in [0.5, 0.6) is 5.75 Å². The van der Waals surface area contributed by atoms with E-state index in [1.54, 1.807) is 18.2 Å². The molecule has 0 unspecified atom stereocenters. The average Bonchev–Trinajstić information content (AvgIpc) is 3.09. The predicted octanol–water partition coefficient (Wildman–Crippen LogP) is 4.55. The number of pyridine rings is 1. The Morgan fingerprint density at radius 3 is 2.45 bits per heavy atom. The zero-order chi connectivity index (χ0) is 22.2. The first kappa shape index (κ1) is 20.9. The van der Waals surface area contributed by atoms with E-state index >= 15 is 0 Å². The maximum Gasteiger partial charge on any atom is 0.263 e. The molecular formula is C23H24N4O3S. The standard InChI is InChI=1S/C23H24N4O3S/c1-5-30-18-9-11-19(12-10-18)31(28,29)26-22-14-17(4)25-27(22)21-13-16(3)20-8-6-7-15(2)23(20)24-21/h6-14,26H,5H2,1-4H3. The molecule has 2 aromatic heterocycles. The number of hydrogen-bond acceptors (Lipinski definition) is 5. The van der Waals surface area contributed by atoms with E-state index in [4.69, 9.17) is 9.72 Å². The molecule has 0 bridgehead atoms. The number of ether oxygens (including phenoxy) is 1. The number of nitrogens with zero attached hydrogens (tertiary/aromatic N) is 3. The number of nitrogens with one attached hydrogen (secondary N) is 1. The van der Waals surface area contributed by atoms with Crippen molar-refractivity contribution in [2.75, 3.05) is 11.3 Å². The minimum absolute atomic E-state index is 0.139. The second kappa shape index (κ2) is 8.03. The topological polar surface area (TPSA) is 86.1 Å². The van der Waals surface area contributed by atoms with Gasteiger partial charge in [-0.25, -0.2) is 13.4 Å². The molecule has 4 rings (SSSR count). The molecule has 0 saturated heterocycles. The van der Waals surface area contributed by atoms with E-state index in [9.17, 15) is 8.42 Å². The van der Waals surface area contributed by atoms with Gasteiger partial charge in [-0.2, -0.15) is 9.78 Å². The van der Waals surface area contributed by atoms with Crippen molar-refractivity contribution in [3.05, 3.63) is 71.4 Å². The fourth-order valence-electron chi connectivity index (χ4n) is 3.48. The van der Waals surface area contributed by atoms with Gasteiger partial charge in [-0.1, -0.05) is 18.2 Å². The Balaban J connectivity index is 1.74. The van der Waals surface area contributed by atoms with Crippen LogP contribution in [0.25, 0.3) is 16.7 Å². The summed E-state index contributed by atoms with van der Waals surface area (Å²) in [6.45, 7) is 8.21. The predicted molar refractivity (Wildman–Crippen MR) is 121 cm³/mol. The van der Waals surface area contributed by atoms with Crippen LogP contribution in [0.1, 0.15) is 23.7 Å². The third-order valence-electron chi connectivity index (χ3n) is 4.97. The van der Waals surface area contributed by atoms with Gasteiger partial charge in [0.2, 0.25) is 0 Å². The molecule has 0 amide bonds. The summed E-state index contributed by atoms with van der Waals surface area (Å²) in [7, 11) is -3.82. The van der Waals surface area contributed by atoms with Crippen molar-refractivity contribution in [3.8, 4) is 11.6 Å². The number of hydrogen-bond donors (Lipinski definition) is 1. The van der Waals surface area contributed by atoms with E-state index in [1.807, 2.05) is 52.0 Å². The Morgan fingerprint density at radius 1 is 1.00 bits per heavy atom. The third-order valence-corrected chi connectivity index (χ3v) is 6.34. The number of aryl methyl sites for hydroxylation is 3. The summed E-state index contributed by atoms with van der Waals surface area (Å²) >= 11 is 0. The number of sulfonamides is 1. The Labute approximate surface area is 181 Å². The molecule has 0 saturated carbocycles. The van der Waals surface area contributed by atoms with Gasteiger partial charge in [0.05, 0.1) is 22.7 Å². The normalized spacial score (nSPS) is 11.6. The largest absolute Gasteiger partial charge is 0.494 e. The van der Waals surface area contributed by atoms with Crippen molar-refractivity contribution in [3.63, 3.8) is 0 Å². The molecule has 2 heterocycles. The van der Waals surface area contributed by atoms with Crippen molar-refractivity contribution in [1.82, 2.24) is 14.8 Å². The third kappa shape index (κ3) is 4.11. The fraction of sp³-hybridized carbons (Fsp3) is 0.217. The smallest absolute Gasteiger partial charge is 0.263 e. The van der Waals surface area contributed by atoms with E-state index in [0.717, 1.165) is 22.0 Å². The Bertz CT molecular complexity index is 1360. The van der Waals surface area contributed by atoms with Crippen LogP contribution in [0.2, 0.25) is 0 Å². The fourth-order valence-corrected chi connectivity index (χ4v) is 4.51. The Hall–Kier alpha value is -3.39. The number of aromatic nitrogens is 3. The molecule has 7 nitrogen and oxygen atoms in total. The number of fused-ring (bicyclic) bond motifs is 1. The van der Waals surface area contributed by atoms with Crippen LogP contribution in [-0.2, 0) is 10.0 Å². The first-order chi connectivity index (χ1) is 14.8. The van der Waals surface area contributed by atoms with Gasteiger partial charge in [0.25, 0.3) is 10.0 Å². The summed E-state index contributed by atoms with van der Waals surface area (Å²) in [6, 6.07) is 15.9. The van der Waals surface area contributed by atoms with Gasteiger partial charge in [-0.3, -0.25) is 4.72 Å². The maximum absolute atomic E-state index is 13.0. The van der Waals surface area contributed by atoms with Crippen molar-refractivity contribution < 1.29 is 13.2 Å². The lowest BCUT2D eigenvalue weighted by Crippen LogP contribution is -2.16. The van der Waals surface area contributed by atoms with Crippen LogP contribution in [0, 0.1) is 20.8 Å². The van der Waals surface area contributed by atoms with Crippen LogP contribution in [0.15, 0.2) is 59.5 Å². The van der Waals surface area contributed by atoms with Crippen molar-refractivity contribution in [2.24, 2.45) is 0 Å². The van der Waals surface area contributed by atoms with Gasteiger partial charge in [-0.05, 0) is 69.2 Å². The van der Waals surface area contributed by atoms with E-state index in [0.29, 0.717) is 29.7 Å². The Kier molecular flexibility index (Phi) is 5.41. The van der Waals surface area contributed by atoms with Gasteiger partial charge in [-0.15, -0.1) is 0 Å². The molecule has 2 aromatic carbocycles. The first-order valence-electron chi connectivity index (χ1n) is 9.98. The van der Waals surface area contributed by atoms with Gasteiger partial charge >= 0.3 is 0 Å². The highest BCUT2D eigenvalue weighted by Gasteiger charge is 2.19. The molecule has 0 aliphatic rings. The van der Waals surface area contributed by atoms with E-state index in [1.165, 1.54) is 16.8 Å². The van der Waals surface area contributed by atoms with Crippen LogP contribution in [0.3, 0.4) is 0 Å². The Morgan fingerprint density at radius 2 is 1.74 bits per heavy atom. The van der Waals surface area contributed by atoms with Crippen molar-refractivity contribution >= 4 is 26.7 Å². The minimum atomic E-state index is -3.82. The molecule has 0 fully saturated rings. The first-order valence-corrected chi connectivity index (χ1v) is 11.5. The van der Waals surface area contributed by atoms with Crippen molar-refractivity contribution in [2.45, 2.75) is 32.6 Å². The highest BCUT2D eigenvalue weighted by molar-refractivity contribution is 7.92. The second-order valence-corrected chi connectivity index (χ2v) is 9.04. The number of anilines is 1. The van der Waals surface area contributed by atoms with Crippen molar-refractivity contribution in [1.29, 1.82) is 0 Å². The zero-order valence-electron chi connectivity index (χ0n) is 17.9. The van der Waals surface area contributed by atoms with Crippen LogP contribution in [0.4, 0.5) is 5.82 Å². The maximum atomic E-state index is 13.0. The molecule has 160 valence electrons. The SMILES string of the molecule is CCOc1ccc(S(=O)(=O)Nc2cc(C)nn2-c2cc(C)c3cccc(C)c3n2)cc1. The second-order valence-electron chi connectivity index (χ2n) is 7.36. The zero-order valence-corrected chi connectivity index (χ0v) is 18.7. The number of para-hydroxylation sites is 1. The van der Waals surface area contributed by atoms with E-state index in [2.05, 4.69) is 9.82 Å². The molecule has 31 heavy (non-hydrogen) atoms. The minimum Gasteiger partial charge on any atom is -0.494 e. The van der Waals surface area contributed by atoms with Gasteiger partial charge in [0.1, 0.15) is 11.6 Å². The van der Waals surface area contributed by atoms with Crippen LogP contribution < -0.4 is 9.46 Å². The van der Waals surface area contributed by atoms with E-state index in [-0.39, 0.29) is 4.90 Å². The lowest BCUT2D eigenvalue weighted by atomic mass is 10.1. The molecular weight excluding hydrogens is 412 g/mol. The summed E-state index contributed by atoms with van der Waals surface area (Å²) < 4.78 is 35.5. The molecule has 0 atom stereocenters. The highest BCUT2D eigenvalue weighted by atomic mass is 32.2. The number of benzene rings is 2.